The van der Waals surface area contributed by atoms with Crippen molar-refractivity contribution in [1.82, 2.24) is 14.7 Å². The number of fused-ring (bicyclic) bond motifs is 2. The predicted octanol–water partition coefficient (Wildman–Crippen LogP) is 4.31. The first-order valence-corrected chi connectivity index (χ1v) is 9.78. The third kappa shape index (κ3) is 3.15. The second kappa shape index (κ2) is 7.49. The molecule has 162 valence electrons. The lowest BCUT2D eigenvalue weighted by Crippen LogP contribution is -2.25. The summed E-state index contributed by atoms with van der Waals surface area (Å²) in [5.41, 5.74) is 0.740. The second-order valence-corrected chi connectivity index (χ2v) is 7.69. The van der Waals surface area contributed by atoms with Crippen LogP contribution in [0.1, 0.15) is 29.8 Å². The predicted molar refractivity (Wildman–Crippen MR) is 112 cm³/mol. The number of aromatic nitrogens is 2. The minimum atomic E-state index is -2.65. The lowest BCUT2D eigenvalue weighted by atomic mass is 9.98. The Morgan fingerprint density at radius 2 is 1.88 bits per heavy atom. The molecular weight excluding hydrogens is 419 g/mol. The van der Waals surface area contributed by atoms with Crippen molar-refractivity contribution in [2.75, 3.05) is 0 Å². The molecule has 0 saturated carbocycles. The summed E-state index contributed by atoms with van der Waals surface area (Å²) in [6.07, 6.45) is 1.57. The van der Waals surface area contributed by atoms with Gasteiger partial charge in [0.15, 0.2) is 0 Å². The van der Waals surface area contributed by atoms with Gasteiger partial charge in [-0.15, -0.1) is 0 Å². The highest BCUT2D eigenvalue weighted by atomic mass is 19.1. The highest BCUT2D eigenvalue weighted by molar-refractivity contribution is 5.98. The molecule has 0 aliphatic carbocycles. The number of hydrogen-bond acceptors (Lipinski definition) is 3. The highest BCUT2D eigenvalue weighted by Gasteiger charge is 2.31. The fourth-order valence-corrected chi connectivity index (χ4v) is 4.17. The second-order valence-electron chi connectivity index (χ2n) is 7.69. The first-order valence-electron chi connectivity index (χ1n) is 10.8. The Hall–Kier alpha value is -3.65. The summed E-state index contributed by atoms with van der Waals surface area (Å²) < 4.78 is 60.9. The summed E-state index contributed by atoms with van der Waals surface area (Å²) in [7, 11) is 1.61. The summed E-state index contributed by atoms with van der Waals surface area (Å²) >= 11 is 0. The van der Waals surface area contributed by atoms with Crippen LogP contribution in [0.4, 0.5) is 13.2 Å². The number of halogens is 3. The summed E-state index contributed by atoms with van der Waals surface area (Å²) in [5.74, 6) is -3.05. The molecule has 0 atom stereocenters. The Balaban J connectivity index is 1.52. The number of carbonyl (C=O) groups is 1. The molecule has 0 radical (unpaired) electrons. The van der Waals surface area contributed by atoms with E-state index in [1.807, 2.05) is 0 Å². The smallest absolute Gasteiger partial charge is 0.257 e. The van der Waals surface area contributed by atoms with E-state index >= 15 is 8.78 Å². The van der Waals surface area contributed by atoms with Gasteiger partial charge in [-0.25, -0.2) is 13.2 Å². The van der Waals surface area contributed by atoms with E-state index in [0.29, 0.717) is 16.5 Å². The SMILES string of the molecule is [2H]C([2H])(O)c1ccc(-c2cc(F)c(CN3Cc4cccc(F)c4C3=O)c(F)c2)c2cn(C)nc12. The Bertz CT molecular complexity index is 1460. The molecule has 1 aliphatic rings. The molecule has 2 heterocycles. The third-order valence-corrected chi connectivity index (χ3v) is 5.67. The highest BCUT2D eigenvalue weighted by Crippen LogP contribution is 2.33. The van der Waals surface area contributed by atoms with Crippen molar-refractivity contribution in [2.45, 2.75) is 19.6 Å². The van der Waals surface area contributed by atoms with Gasteiger partial charge in [-0.05, 0) is 34.9 Å². The lowest BCUT2D eigenvalue weighted by molar-refractivity contribution is 0.0760. The fourth-order valence-electron chi connectivity index (χ4n) is 4.17. The van der Waals surface area contributed by atoms with Crippen LogP contribution in [0.5, 0.6) is 0 Å². The Morgan fingerprint density at radius 3 is 2.56 bits per heavy atom. The van der Waals surface area contributed by atoms with Gasteiger partial charge in [-0.1, -0.05) is 24.3 Å². The molecule has 1 amide bonds. The Morgan fingerprint density at radius 1 is 1.12 bits per heavy atom. The number of carbonyl (C=O) groups excluding carboxylic acids is 1. The van der Waals surface area contributed by atoms with Crippen LogP contribution in [-0.2, 0) is 26.7 Å². The third-order valence-electron chi connectivity index (χ3n) is 5.67. The molecule has 1 aliphatic heterocycles. The van der Waals surface area contributed by atoms with E-state index in [4.69, 9.17) is 2.74 Å². The van der Waals surface area contributed by atoms with Gasteiger partial charge in [0.1, 0.15) is 17.5 Å². The van der Waals surface area contributed by atoms with Gasteiger partial charge in [0.05, 0.1) is 26.9 Å². The molecule has 5 rings (SSSR count). The number of benzene rings is 3. The van der Waals surface area contributed by atoms with Gasteiger partial charge in [0, 0.05) is 36.3 Å². The van der Waals surface area contributed by atoms with Gasteiger partial charge in [0.2, 0.25) is 0 Å². The van der Waals surface area contributed by atoms with Crippen molar-refractivity contribution in [3.05, 3.63) is 88.4 Å². The van der Waals surface area contributed by atoms with E-state index in [0.717, 1.165) is 12.1 Å². The van der Waals surface area contributed by atoms with Crippen LogP contribution in [0.25, 0.3) is 22.0 Å². The molecule has 0 fully saturated rings. The molecule has 0 bridgehead atoms. The average molecular weight is 439 g/mol. The summed E-state index contributed by atoms with van der Waals surface area (Å²) in [6.45, 7) is -2.96. The van der Waals surface area contributed by atoms with Gasteiger partial charge >= 0.3 is 0 Å². The van der Waals surface area contributed by atoms with Crippen molar-refractivity contribution in [2.24, 2.45) is 7.05 Å². The molecule has 0 unspecified atom stereocenters. The lowest BCUT2D eigenvalue weighted by Gasteiger charge is -2.17. The van der Waals surface area contributed by atoms with E-state index < -0.39 is 29.9 Å². The summed E-state index contributed by atoms with van der Waals surface area (Å²) in [5, 5.41) is 14.4. The zero-order valence-electron chi connectivity index (χ0n) is 18.9. The Labute approximate surface area is 184 Å². The maximum absolute atomic E-state index is 15.1. The first kappa shape index (κ1) is 18.0. The standard InChI is InChI=1S/C24H18F3N3O2/c1-29-10-17-16(6-5-14(12-31)23(17)28-29)15-7-20(26)18(21(27)8-15)11-30-9-13-3-2-4-19(25)22(13)24(30)32/h2-8,10,31H,9,11-12H2,1H3/i12D2. The van der Waals surface area contributed by atoms with E-state index in [1.54, 1.807) is 19.3 Å². The van der Waals surface area contributed by atoms with Crippen LogP contribution in [0.15, 0.2) is 48.7 Å². The van der Waals surface area contributed by atoms with E-state index in [-0.39, 0.29) is 40.9 Å². The van der Waals surface area contributed by atoms with Gasteiger partial charge in [-0.2, -0.15) is 5.10 Å². The molecule has 3 aromatic carbocycles. The maximum atomic E-state index is 15.1. The Kier molecular flexibility index (Phi) is 4.21. The van der Waals surface area contributed by atoms with Crippen molar-refractivity contribution >= 4 is 16.8 Å². The van der Waals surface area contributed by atoms with Crippen molar-refractivity contribution < 1.29 is 25.8 Å². The van der Waals surface area contributed by atoms with E-state index in [9.17, 15) is 14.3 Å². The van der Waals surface area contributed by atoms with Crippen LogP contribution in [0.2, 0.25) is 0 Å². The fraction of sp³-hybridized carbons (Fsp3) is 0.167. The van der Waals surface area contributed by atoms with Crippen molar-refractivity contribution in [3.63, 3.8) is 0 Å². The van der Waals surface area contributed by atoms with E-state index in [2.05, 4.69) is 5.10 Å². The van der Waals surface area contributed by atoms with Gasteiger partial charge in [0.25, 0.3) is 5.91 Å². The van der Waals surface area contributed by atoms with E-state index in [1.165, 1.54) is 33.8 Å². The van der Waals surface area contributed by atoms with Crippen LogP contribution in [0.3, 0.4) is 0 Å². The number of nitrogens with zero attached hydrogens (tertiary/aromatic N) is 3. The molecule has 4 aromatic rings. The summed E-state index contributed by atoms with van der Waals surface area (Å²) in [4.78, 5) is 13.8. The quantitative estimate of drug-likeness (QED) is 0.516. The van der Waals surface area contributed by atoms with Gasteiger partial charge < -0.3 is 10.0 Å². The van der Waals surface area contributed by atoms with Gasteiger partial charge in [-0.3, -0.25) is 9.48 Å². The van der Waals surface area contributed by atoms with Crippen LogP contribution < -0.4 is 0 Å². The number of rotatable bonds is 4. The number of hydrogen-bond donors (Lipinski definition) is 1. The maximum Gasteiger partial charge on any atom is 0.257 e. The average Bonchev–Trinajstić information content (AvgIpc) is 3.29. The number of aliphatic hydroxyl groups is 1. The molecule has 1 aromatic heterocycles. The molecule has 5 nitrogen and oxygen atoms in total. The number of aryl methyl sites for hydroxylation is 1. The molecule has 8 heteroatoms. The van der Waals surface area contributed by atoms with Crippen molar-refractivity contribution in [1.29, 1.82) is 0 Å². The molecular formula is C24H18F3N3O2. The minimum absolute atomic E-state index is 0.0491. The molecule has 0 spiro atoms. The van der Waals surface area contributed by atoms with Crippen LogP contribution in [0, 0.1) is 17.5 Å². The van der Waals surface area contributed by atoms with Crippen LogP contribution in [-0.4, -0.2) is 25.7 Å². The first-order chi connectivity index (χ1) is 16.0. The van der Waals surface area contributed by atoms with Crippen molar-refractivity contribution in [3.8, 4) is 11.1 Å². The zero-order valence-corrected chi connectivity index (χ0v) is 16.9. The zero-order chi connectivity index (χ0) is 24.4. The monoisotopic (exact) mass is 439 g/mol. The largest absolute Gasteiger partial charge is 0.392 e. The molecule has 0 saturated heterocycles. The molecule has 1 N–H and O–H groups in total. The van der Waals surface area contributed by atoms with Crippen LogP contribution >= 0.6 is 0 Å². The minimum Gasteiger partial charge on any atom is -0.392 e. The normalized spacial score (nSPS) is 14.7. The molecule has 32 heavy (non-hydrogen) atoms. The number of amides is 1. The summed E-state index contributed by atoms with van der Waals surface area (Å²) in [6, 6.07) is 9.29. The topological polar surface area (TPSA) is 58.4 Å².